The first-order valence-corrected chi connectivity index (χ1v) is 10.5. The standard InChI is InChI=1S/C27H28N2/c1-3-25(26-28-19-20-29(26)24-17-11-6-12-18-24)27(2,23-15-9-5-10-16-23)21-22-13-7-4-8-14-22/h4-20,25H,3,21H2,1-2H3/p+1. The minimum absolute atomic E-state index is 0.0429. The fourth-order valence-electron chi connectivity index (χ4n) is 4.64. The summed E-state index contributed by atoms with van der Waals surface area (Å²) in [5.74, 6) is 1.58. The van der Waals surface area contributed by atoms with E-state index in [-0.39, 0.29) is 5.41 Å². The summed E-state index contributed by atoms with van der Waals surface area (Å²) < 4.78 is 2.31. The number of benzene rings is 3. The lowest BCUT2D eigenvalue weighted by Crippen LogP contribution is -2.42. The highest BCUT2D eigenvalue weighted by Crippen LogP contribution is 2.42. The molecule has 2 unspecified atom stereocenters. The molecule has 0 radical (unpaired) electrons. The number of aromatic nitrogens is 2. The van der Waals surface area contributed by atoms with Crippen molar-refractivity contribution in [2.75, 3.05) is 0 Å². The van der Waals surface area contributed by atoms with Gasteiger partial charge in [0.25, 0.3) is 5.82 Å². The Morgan fingerprint density at radius 1 is 0.828 bits per heavy atom. The van der Waals surface area contributed by atoms with E-state index in [0.29, 0.717) is 5.92 Å². The summed E-state index contributed by atoms with van der Waals surface area (Å²) in [5.41, 5.74) is 3.90. The van der Waals surface area contributed by atoms with Crippen LogP contribution in [0, 0.1) is 0 Å². The van der Waals surface area contributed by atoms with Crippen LogP contribution in [-0.4, -0.2) is 4.98 Å². The molecule has 0 bridgehead atoms. The molecule has 4 aromatic rings. The van der Waals surface area contributed by atoms with Gasteiger partial charge in [0.1, 0.15) is 18.1 Å². The molecular formula is C27H29N2+. The normalized spacial score (nSPS) is 14.3. The third-order valence-corrected chi connectivity index (χ3v) is 6.10. The van der Waals surface area contributed by atoms with Crippen molar-refractivity contribution in [1.82, 2.24) is 4.98 Å². The molecule has 0 saturated heterocycles. The van der Waals surface area contributed by atoms with E-state index in [2.05, 4.69) is 127 Å². The first-order chi connectivity index (χ1) is 14.2. The van der Waals surface area contributed by atoms with Crippen LogP contribution in [0.15, 0.2) is 103 Å². The smallest absolute Gasteiger partial charge is 0.247 e. The van der Waals surface area contributed by atoms with Gasteiger partial charge in [0.2, 0.25) is 0 Å². The first-order valence-electron chi connectivity index (χ1n) is 10.5. The summed E-state index contributed by atoms with van der Waals surface area (Å²) in [4.78, 5) is 3.58. The van der Waals surface area contributed by atoms with Crippen LogP contribution in [0.2, 0.25) is 0 Å². The van der Waals surface area contributed by atoms with Crippen molar-refractivity contribution in [3.8, 4) is 5.69 Å². The molecule has 0 fully saturated rings. The molecular weight excluding hydrogens is 352 g/mol. The minimum atomic E-state index is -0.0429. The van der Waals surface area contributed by atoms with E-state index >= 15 is 0 Å². The number of aromatic amines is 1. The Morgan fingerprint density at radius 3 is 2.03 bits per heavy atom. The Balaban J connectivity index is 1.83. The summed E-state index contributed by atoms with van der Waals surface area (Å²) >= 11 is 0. The Hall–Kier alpha value is -3.13. The SMILES string of the molecule is CCC(c1[nH]cc[n+]1-c1ccccc1)C(C)(Cc1ccccc1)c1ccccc1. The third kappa shape index (κ3) is 3.88. The highest BCUT2D eigenvalue weighted by molar-refractivity contribution is 5.33. The summed E-state index contributed by atoms with van der Waals surface area (Å²) in [7, 11) is 0. The van der Waals surface area contributed by atoms with Crippen molar-refractivity contribution >= 4 is 0 Å². The largest absolute Gasteiger partial charge is 0.263 e. The van der Waals surface area contributed by atoms with Gasteiger partial charge < -0.3 is 0 Å². The number of imidazole rings is 1. The average Bonchev–Trinajstić information content (AvgIpc) is 3.25. The van der Waals surface area contributed by atoms with Gasteiger partial charge in [0.05, 0.1) is 5.92 Å². The Kier molecular flexibility index (Phi) is 5.62. The number of nitrogens with zero attached hydrogens (tertiary/aromatic N) is 1. The predicted octanol–water partition coefficient (Wildman–Crippen LogP) is 5.99. The Morgan fingerprint density at radius 2 is 1.41 bits per heavy atom. The minimum Gasteiger partial charge on any atom is -0.247 e. The monoisotopic (exact) mass is 381 g/mol. The van der Waals surface area contributed by atoms with Crippen molar-refractivity contribution in [3.63, 3.8) is 0 Å². The van der Waals surface area contributed by atoms with E-state index in [9.17, 15) is 0 Å². The lowest BCUT2D eigenvalue weighted by Gasteiger charge is -2.36. The maximum absolute atomic E-state index is 3.58. The van der Waals surface area contributed by atoms with Gasteiger partial charge in [-0.25, -0.2) is 4.98 Å². The molecule has 2 atom stereocenters. The molecule has 0 amide bonds. The van der Waals surface area contributed by atoms with Gasteiger partial charge in [-0.05, 0) is 36.1 Å². The molecule has 0 aliphatic carbocycles. The van der Waals surface area contributed by atoms with E-state index in [0.717, 1.165) is 12.8 Å². The summed E-state index contributed by atoms with van der Waals surface area (Å²) in [5, 5.41) is 0. The van der Waals surface area contributed by atoms with Gasteiger partial charge in [0, 0.05) is 5.41 Å². The quantitative estimate of drug-likeness (QED) is 0.380. The van der Waals surface area contributed by atoms with Crippen molar-refractivity contribution in [2.24, 2.45) is 0 Å². The molecule has 0 saturated carbocycles. The predicted molar refractivity (Wildman–Crippen MR) is 119 cm³/mol. The van der Waals surface area contributed by atoms with E-state index < -0.39 is 0 Å². The van der Waals surface area contributed by atoms with E-state index in [4.69, 9.17) is 0 Å². The second kappa shape index (κ2) is 8.48. The summed E-state index contributed by atoms with van der Waals surface area (Å²) in [6.45, 7) is 4.71. The zero-order valence-corrected chi connectivity index (χ0v) is 17.3. The van der Waals surface area contributed by atoms with Crippen LogP contribution >= 0.6 is 0 Å². The zero-order valence-electron chi connectivity index (χ0n) is 17.3. The highest BCUT2D eigenvalue weighted by atomic mass is 15.1. The highest BCUT2D eigenvalue weighted by Gasteiger charge is 2.41. The number of rotatable bonds is 7. The molecule has 146 valence electrons. The van der Waals surface area contributed by atoms with Crippen molar-refractivity contribution in [1.29, 1.82) is 0 Å². The number of nitrogens with one attached hydrogen (secondary N) is 1. The first kappa shape index (κ1) is 19.2. The summed E-state index contributed by atoms with van der Waals surface area (Å²) in [6.07, 6.45) is 6.23. The molecule has 2 nitrogen and oxygen atoms in total. The van der Waals surface area contributed by atoms with E-state index in [1.807, 2.05) is 0 Å². The molecule has 2 heteroatoms. The maximum Gasteiger partial charge on any atom is 0.263 e. The molecule has 1 heterocycles. The van der Waals surface area contributed by atoms with Crippen molar-refractivity contribution in [2.45, 2.75) is 38.0 Å². The Bertz CT molecular complexity index is 1020. The van der Waals surface area contributed by atoms with Gasteiger partial charge in [-0.3, -0.25) is 0 Å². The molecule has 29 heavy (non-hydrogen) atoms. The van der Waals surface area contributed by atoms with Crippen LogP contribution in [0.25, 0.3) is 5.69 Å². The molecule has 4 rings (SSSR count). The Labute approximate surface area is 173 Å². The van der Waals surface area contributed by atoms with Gasteiger partial charge in [-0.1, -0.05) is 92.7 Å². The van der Waals surface area contributed by atoms with Crippen molar-refractivity contribution < 1.29 is 4.57 Å². The number of H-pyrrole nitrogens is 1. The molecule has 0 aliphatic rings. The fraction of sp³-hybridized carbons (Fsp3) is 0.222. The molecule has 1 N–H and O–H groups in total. The average molecular weight is 382 g/mol. The number of hydrogen-bond donors (Lipinski definition) is 1. The second-order valence-electron chi connectivity index (χ2n) is 7.96. The van der Waals surface area contributed by atoms with Gasteiger partial charge in [-0.2, -0.15) is 4.57 Å². The number of para-hydroxylation sites is 1. The lowest BCUT2D eigenvalue weighted by molar-refractivity contribution is -0.605. The van der Waals surface area contributed by atoms with Crippen molar-refractivity contribution in [3.05, 3.63) is 120 Å². The van der Waals surface area contributed by atoms with Crippen LogP contribution in [0.4, 0.5) is 0 Å². The van der Waals surface area contributed by atoms with E-state index in [1.165, 1.54) is 22.6 Å². The lowest BCUT2D eigenvalue weighted by atomic mass is 9.66. The van der Waals surface area contributed by atoms with Crippen LogP contribution < -0.4 is 4.57 Å². The van der Waals surface area contributed by atoms with E-state index in [1.54, 1.807) is 0 Å². The molecule has 3 aromatic carbocycles. The van der Waals surface area contributed by atoms with Gasteiger partial charge in [-0.15, -0.1) is 0 Å². The van der Waals surface area contributed by atoms with Gasteiger partial charge in [0.15, 0.2) is 0 Å². The maximum atomic E-state index is 3.58. The molecule has 0 aliphatic heterocycles. The topological polar surface area (TPSA) is 19.7 Å². The van der Waals surface area contributed by atoms with Crippen LogP contribution in [0.3, 0.4) is 0 Å². The van der Waals surface area contributed by atoms with Crippen LogP contribution in [0.1, 0.15) is 43.1 Å². The fourth-order valence-corrected chi connectivity index (χ4v) is 4.64. The summed E-state index contributed by atoms with van der Waals surface area (Å²) in [6, 6.07) is 32.4. The molecule has 1 aromatic heterocycles. The second-order valence-corrected chi connectivity index (χ2v) is 7.96. The molecule has 0 spiro atoms. The van der Waals surface area contributed by atoms with Crippen LogP contribution in [-0.2, 0) is 11.8 Å². The number of hydrogen-bond acceptors (Lipinski definition) is 0. The third-order valence-electron chi connectivity index (χ3n) is 6.10. The van der Waals surface area contributed by atoms with Crippen LogP contribution in [0.5, 0.6) is 0 Å². The zero-order chi connectivity index (χ0) is 20.1. The van der Waals surface area contributed by atoms with Gasteiger partial charge >= 0.3 is 0 Å².